The van der Waals surface area contributed by atoms with Crippen LogP contribution in [0, 0.1) is 5.92 Å². The molecule has 0 saturated heterocycles. The SMILES string of the molecule is CC(C)COC(=O)C(CCC(=O)c1ccccc1)NC(=O)OCc1ccccc1. The van der Waals surface area contributed by atoms with Gasteiger partial charge in [-0.3, -0.25) is 4.79 Å². The zero-order chi connectivity index (χ0) is 21.1. The Balaban J connectivity index is 1.93. The lowest BCUT2D eigenvalue weighted by Gasteiger charge is -2.18. The summed E-state index contributed by atoms with van der Waals surface area (Å²) in [6.45, 7) is 4.16. The van der Waals surface area contributed by atoms with E-state index >= 15 is 0 Å². The van der Waals surface area contributed by atoms with Crippen molar-refractivity contribution in [1.82, 2.24) is 5.32 Å². The van der Waals surface area contributed by atoms with Crippen molar-refractivity contribution in [2.75, 3.05) is 6.61 Å². The Morgan fingerprint density at radius 1 is 0.897 bits per heavy atom. The van der Waals surface area contributed by atoms with Gasteiger partial charge in [-0.1, -0.05) is 74.5 Å². The van der Waals surface area contributed by atoms with Crippen LogP contribution in [-0.4, -0.2) is 30.5 Å². The summed E-state index contributed by atoms with van der Waals surface area (Å²) in [4.78, 5) is 36.9. The number of ketones is 1. The van der Waals surface area contributed by atoms with Gasteiger partial charge < -0.3 is 14.8 Å². The first kappa shape index (κ1) is 22.1. The van der Waals surface area contributed by atoms with Crippen LogP contribution in [0.15, 0.2) is 60.7 Å². The third-order valence-corrected chi connectivity index (χ3v) is 4.10. The number of rotatable bonds is 10. The Bertz CT molecular complexity index is 789. The van der Waals surface area contributed by atoms with Crippen LogP contribution in [0.5, 0.6) is 0 Å². The third-order valence-electron chi connectivity index (χ3n) is 4.10. The largest absolute Gasteiger partial charge is 0.464 e. The van der Waals surface area contributed by atoms with Gasteiger partial charge >= 0.3 is 12.1 Å². The minimum Gasteiger partial charge on any atom is -0.464 e. The van der Waals surface area contributed by atoms with Gasteiger partial charge in [-0.15, -0.1) is 0 Å². The van der Waals surface area contributed by atoms with Crippen LogP contribution >= 0.6 is 0 Å². The zero-order valence-corrected chi connectivity index (χ0v) is 16.8. The lowest BCUT2D eigenvalue weighted by molar-refractivity contribution is -0.147. The Kier molecular flexibility index (Phi) is 8.89. The summed E-state index contributed by atoms with van der Waals surface area (Å²) in [5, 5.41) is 2.53. The first-order valence-corrected chi connectivity index (χ1v) is 9.67. The van der Waals surface area contributed by atoms with Crippen molar-refractivity contribution in [2.24, 2.45) is 5.92 Å². The molecule has 154 valence electrons. The van der Waals surface area contributed by atoms with E-state index < -0.39 is 18.1 Å². The van der Waals surface area contributed by atoms with E-state index in [0.29, 0.717) is 5.56 Å². The average Bonchev–Trinajstić information content (AvgIpc) is 2.74. The molecule has 1 unspecified atom stereocenters. The second kappa shape index (κ2) is 11.6. The molecule has 0 aliphatic carbocycles. The first-order valence-electron chi connectivity index (χ1n) is 9.67. The lowest BCUT2D eigenvalue weighted by atomic mass is 10.0. The van der Waals surface area contributed by atoms with E-state index in [0.717, 1.165) is 5.56 Å². The molecule has 2 aromatic carbocycles. The summed E-state index contributed by atoms with van der Waals surface area (Å²) in [7, 11) is 0. The van der Waals surface area contributed by atoms with Crippen molar-refractivity contribution in [1.29, 1.82) is 0 Å². The molecule has 1 amide bonds. The van der Waals surface area contributed by atoms with Crippen molar-refractivity contribution >= 4 is 17.8 Å². The summed E-state index contributed by atoms with van der Waals surface area (Å²) in [6.07, 6.45) is -0.497. The fraction of sp³-hybridized carbons (Fsp3) is 0.348. The van der Waals surface area contributed by atoms with E-state index in [1.165, 1.54) is 0 Å². The summed E-state index contributed by atoms with van der Waals surface area (Å²) in [5.41, 5.74) is 1.40. The molecule has 0 heterocycles. The molecule has 0 aliphatic heterocycles. The molecular weight excluding hydrogens is 370 g/mol. The predicted molar refractivity (Wildman–Crippen MR) is 109 cm³/mol. The van der Waals surface area contributed by atoms with E-state index in [9.17, 15) is 14.4 Å². The maximum Gasteiger partial charge on any atom is 0.408 e. The molecule has 0 aromatic heterocycles. The van der Waals surface area contributed by atoms with Crippen LogP contribution in [0.1, 0.15) is 42.6 Å². The summed E-state index contributed by atoms with van der Waals surface area (Å²) >= 11 is 0. The molecule has 0 spiro atoms. The number of benzene rings is 2. The van der Waals surface area contributed by atoms with Gasteiger partial charge in [0.15, 0.2) is 5.78 Å². The summed E-state index contributed by atoms with van der Waals surface area (Å²) in [6, 6.07) is 17.1. The van der Waals surface area contributed by atoms with Crippen molar-refractivity contribution in [3.8, 4) is 0 Å². The minimum absolute atomic E-state index is 0.0867. The molecule has 6 nitrogen and oxygen atoms in total. The van der Waals surface area contributed by atoms with E-state index in [-0.39, 0.29) is 37.8 Å². The molecule has 29 heavy (non-hydrogen) atoms. The molecule has 2 aromatic rings. The highest BCUT2D eigenvalue weighted by molar-refractivity contribution is 5.96. The van der Waals surface area contributed by atoms with E-state index in [1.54, 1.807) is 24.3 Å². The topological polar surface area (TPSA) is 81.7 Å². The van der Waals surface area contributed by atoms with Crippen LogP contribution in [-0.2, 0) is 20.9 Å². The summed E-state index contributed by atoms with van der Waals surface area (Å²) < 4.78 is 10.4. The Labute approximate surface area is 171 Å². The van der Waals surface area contributed by atoms with Crippen molar-refractivity contribution in [3.05, 3.63) is 71.8 Å². The Morgan fingerprint density at radius 2 is 1.52 bits per heavy atom. The molecule has 0 radical (unpaired) electrons. The molecule has 0 aliphatic rings. The number of amides is 1. The van der Waals surface area contributed by atoms with Crippen LogP contribution in [0.2, 0.25) is 0 Å². The molecule has 6 heteroatoms. The first-order chi connectivity index (χ1) is 14.0. The number of carbonyl (C=O) groups is 3. The molecule has 1 N–H and O–H groups in total. The highest BCUT2D eigenvalue weighted by atomic mass is 16.6. The van der Waals surface area contributed by atoms with Gasteiger partial charge in [0.25, 0.3) is 0 Å². The Hall–Kier alpha value is -3.15. The number of alkyl carbamates (subject to hydrolysis) is 1. The second-order valence-corrected chi connectivity index (χ2v) is 7.11. The molecule has 0 bridgehead atoms. The van der Waals surface area contributed by atoms with Gasteiger partial charge in [0.2, 0.25) is 0 Å². The highest BCUT2D eigenvalue weighted by Gasteiger charge is 2.24. The monoisotopic (exact) mass is 397 g/mol. The van der Waals surface area contributed by atoms with Gasteiger partial charge in [0.1, 0.15) is 12.6 Å². The maximum absolute atomic E-state index is 12.4. The van der Waals surface area contributed by atoms with Crippen molar-refractivity contribution in [3.63, 3.8) is 0 Å². The van der Waals surface area contributed by atoms with Gasteiger partial charge in [-0.05, 0) is 17.9 Å². The molecule has 0 saturated carbocycles. The van der Waals surface area contributed by atoms with Gasteiger partial charge in [0, 0.05) is 12.0 Å². The van der Waals surface area contributed by atoms with Gasteiger partial charge in [0.05, 0.1) is 6.61 Å². The fourth-order valence-electron chi connectivity index (χ4n) is 2.55. The molecule has 1 atom stereocenters. The number of ether oxygens (including phenoxy) is 2. The molecular formula is C23H27NO5. The van der Waals surface area contributed by atoms with Crippen LogP contribution < -0.4 is 5.32 Å². The second-order valence-electron chi connectivity index (χ2n) is 7.11. The number of Topliss-reactive ketones (excluding diaryl/α,β-unsaturated/α-hetero) is 1. The van der Waals surface area contributed by atoms with E-state index in [2.05, 4.69) is 5.32 Å². The maximum atomic E-state index is 12.4. The van der Waals surface area contributed by atoms with E-state index in [1.807, 2.05) is 50.2 Å². The zero-order valence-electron chi connectivity index (χ0n) is 16.8. The fourth-order valence-corrected chi connectivity index (χ4v) is 2.55. The van der Waals surface area contributed by atoms with Gasteiger partial charge in [-0.2, -0.15) is 0 Å². The average molecular weight is 397 g/mol. The number of hydrogen-bond donors (Lipinski definition) is 1. The lowest BCUT2D eigenvalue weighted by Crippen LogP contribution is -2.42. The number of nitrogens with one attached hydrogen (secondary N) is 1. The van der Waals surface area contributed by atoms with Crippen LogP contribution in [0.25, 0.3) is 0 Å². The normalized spacial score (nSPS) is 11.6. The standard InChI is InChI=1S/C23H27NO5/c1-17(2)15-28-22(26)20(13-14-21(25)19-11-7-4-8-12-19)24-23(27)29-16-18-9-5-3-6-10-18/h3-12,17,20H,13-16H2,1-2H3,(H,24,27). The smallest absolute Gasteiger partial charge is 0.408 e. The minimum atomic E-state index is -0.954. The van der Waals surface area contributed by atoms with Gasteiger partial charge in [-0.25, -0.2) is 9.59 Å². The number of carbonyl (C=O) groups excluding carboxylic acids is 3. The number of hydrogen-bond acceptors (Lipinski definition) is 5. The highest BCUT2D eigenvalue weighted by Crippen LogP contribution is 2.10. The molecule has 2 rings (SSSR count). The predicted octanol–water partition coefficient (Wildman–Crippen LogP) is 4.14. The van der Waals surface area contributed by atoms with Crippen LogP contribution in [0.4, 0.5) is 4.79 Å². The Morgan fingerprint density at radius 3 is 2.14 bits per heavy atom. The third kappa shape index (κ3) is 8.17. The van der Waals surface area contributed by atoms with Crippen LogP contribution in [0.3, 0.4) is 0 Å². The quantitative estimate of drug-likeness (QED) is 0.481. The van der Waals surface area contributed by atoms with E-state index in [4.69, 9.17) is 9.47 Å². The van der Waals surface area contributed by atoms with Crippen molar-refractivity contribution < 1.29 is 23.9 Å². The molecule has 0 fully saturated rings. The van der Waals surface area contributed by atoms with Crippen molar-refractivity contribution in [2.45, 2.75) is 39.3 Å². The number of esters is 1. The summed E-state index contributed by atoms with van der Waals surface area (Å²) in [5.74, 6) is -0.515.